The first-order valence-electron chi connectivity index (χ1n) is 6.86. The van der Waals surface area contributed by atoms with E-state index in [-0.39, 0.29) is 18.4 Å². The van der Waals surface area contributed by atoms with Gasteiger partial charge in [0.05, 0.1) is 12.2 Å². The van der Waals surface area contributed by atoms with Crippen LogP contribution in [0.2, 0.25) is 0 Å². The van der Waals surface area contributed by atoms with E-state index in [1.54, 1.807) is 4.90 Å². The van der Waals surface area contributed by atoms with Gasteiger partial charge in [0.15, 0.2) is 0 Å². The number of carbonyl (C=O) groups is 2. The van der Waals surface area contributed by atoms with Gasteiger partial charge >= 0.3 is 5.97 Å². The molecule has 4 nitrogen and oxygen atoms in total. The summed E-state index contributed by atoms with van der Waals surface area (Å²) in [6, 6.07) is 9.65. The summed E-state index contributed by atoms with van der Waals surface area (Å²) in [5.41, 5.74) is 0. The SMILES string of the molecule is O=C(O)CC1CCCCN1C(=O)CSc1ccccc1. The van der Waals surface area contributed by atoms with E-state index < -0.39 is 5.97 Å². The summed E-state index contributed by atoms with van der Waals surface area (Å²) in [7, 11) is 0. The number of amides is 1. The highest BCUT2D eigenvalue weighted by atomic mass is 32.2. The van der Waals surface area contributed by atoms with Crippen molar-refractivity contribution >= 4 is 23.6 Å². The molecule has 1 aliphatic rings. The molecule has 1 aromatic rings. The lowest BCUT2D eigenvalue weighted by atomic mass is 9.99. The van der Waals surface area contributed by atoms with Gasteiger partial charge in [-0.15, -0.1) is 11.8 Å². The summed E-state index contributed by atoms with van der Waals surface area (Å²) in [5.74, 6) is -0.407. The van der Waals surface area contributed by atoms with Crippen LogP contribution in [0.25, 0.3) is 0 Å². The van der Waals surface area contributed by atoms with Crippen LogP contribution in [0.1, 0.15) is 25.7 Å². The molecule has 1 N–H and O–H groups in total. The molecule has 0 spiro atoms. The van der Waals surface area contributed by atoms with Crippen molar-refractivity contribution in [1.82, 2.24) is 4.90 Å². The van der Waals surface area contributed by atoms with E-state index in [2.05, 4.69) is 0 Å². The molecular weight excluding hydrogens is 274 g/mol. The summed E-state index contributed by atoms with van der Waals surface area (Å²) in [6.07, 6.45) is 2.83. The second-order valence-electron chi connectivity index (χ2n) is 4.94. The first-order chi connectivity index (χ1) is 9.66. The zero-order chi connectivity index (χ0) is 14.4. The maximum atomic E-state index is 12.3. The van der Waals surface area contributed by atoms with Crippen LogP contribution >= 0.6 is 11.8 Å². The van der Waals surface area contributed by atoms with Crippen molar-refractivity contribution in [3.63, 3.8) is 0 Å². The van der Waals surface area contributed by atoms with E-state index in [1.807, 2.05) is 30.3 Å². The normalized spacial score (nSPS) is 18.8. The number of aliphatic carboxylic acids is 1. The second-order valence-corrected chi connectivity index (χ2v) is 5.99. The fourth-order valence-electron chi connectivity index (χ4n) is 2.49. The number of likely N-dealkylation sites (tertiary alicyclic amines) is 1. The van der Waals surface area contributed by atoms with Crippen molar-refractivity contribution in [1.29, 1.82) is 0 Å². The Morgan fingerprint density at radius 1 is 1.25 bits per heavy atom. The molecule has 1 atom stereocenters. The molecule has 108 valence electrons. The fourth-order valence-corrected chi connectivity index (χ4v) is 3.29. The molecule has 1 aliphatic heterocycles. The highest BCUT2D eigenvalue weighted by Gasteiger charge is 2.28. The van der Waals surface area contributed by atoms with Crippen LogP contribution in [0.5, 0.6) is 0 Å². The Bertz CT molecular complexity index is 463. The lowest BCUT2D eigenvalue weighted by Crippen LogP contribution is -2.45. The van der Waals surface area contributed by atoms with Crippen molar-refractivity contribution in [2.45, 2.75) is 36.6 Å². The minimum Gasteiger partial charge on any atom is -0.481 e. The number of benzene rings is 1. The molecule has 0 aromatic heterocycles. The summed E-state index contributed by atoms with van der Waals surface area (Å²) >= 11 is 1.50. The molecule has 20 heavy (non-hydrogen) atoms. The lowest BCUT2D eigenvalue weighted by molar-refractivity contribution is -0.141. The summed E-state index contributed by atoms with van der Waals surface area (Å²) in [6.45, 7) is 0.687. The van der Waals surface area contributed by atoms with Crippen molar-refractivity contribution in [2.75, 3.05) is 12.3 Å². The van der Waals surface area contributed by atoms with Crippen LogP contribution in [0, 0.1) is 0 Å². The number of carbonyl (C=O) groups excluding carboxylic acids is 1. The maximum absolute atomic E-state index is 12.3. The van der Waals surface area contributed by atoms with E-state index in [9.17, 15) is 9.59 Å². The van der Waals surface area contributed by atoms with E-state index in [1.165, 1.54) is 11.8 Å². The number of nitrogens with zero attached hydrogens (tertiary/aromatic N) is 1. The number of piperidine rings is 1. The van der Waals surface area contributed by atoms with E-state index >= 15 is 0 Å². The van der Waals surface area contributed by atoms with Crippen LogP contribution in [0.3, 0.4) is 0 Å². The Balaban J connectivity index is 1.90. The van der Waals surface area contributed by atoms with Crippen molar-refractivity contribution in [2.24, 2.45) is 0 Å². The second kappa shape index (κ2) is 7.33. The van der Waals surface area contributed by atoms with Crippen LogP contribution in [0.15, 0.2) is 35.2 Å². The summed E-state index contributed by atoms with van der Waals surface area (Å²) in [4.78, 5) is 26.0. The predicted molar refractivity (Wildman–Crippen MR) is 78.8 cm³/mol. The molecule has 1 fully saturated rings. The van der Waals surface area contributed by atoms with Gasteiger partial charge in [0, 0.05) is 17.5 Å². The predicted octanol–water partition coefficient (Wildman–Crippen LogP) is 2.63. The van der Waals surface area contributed by atoms with Crippen molar-refractivity contribution in [3.05, 3.63) is 30.3 Å². The van der Waals surface area contributed by atoms with Gasteiger partial charge < -0.3 is 10.0 Å². The van der Waals surface area contributed by atoms with Crippen molar-refractivity contribution < 1.29 is 14.7 Å². The molecule has 0 aliphatic carbocycles. The maximum Gasteiger partial charge on any atom is 0.305 e. The number of rotatable bonds is 5. The Hall–Kier alpha value is -1.49. The molecule has 1 unspecified atom stereocenters. The van der Waals surface area contributed by atoms with E-state index in [4.69, 9.17) is 5.11 Å². The molecule has 0 saturated carbocycles. The number of carboxylic acids is 1. The smallest absolute Gasteiger partial charge is 0.305 e. The zero-order valence-electron chi connectivity index (χ0n) is 11.3. The Morgan fingerprint density at radius 3 is 2.70 bits per heavy atom. The fraction of sp³-hybridized carbons (Fsp3) is 0.467. The monoisotopic (exact) mass is 293 g/mol. The van der Waals surface area contributed by atoms with Gasteiger partial charge in [0.1, 0.15) is 0 Å². The molecule has 0 radical (unpaired) electrons. The van der Waals surface area contributed by atoms with Gasteiger partial charge in [-0.2, -0.15) is 0 Å². The third kappa shape index (κ3) is 4.27. The van der Waals surface area contributed by atoms with E-state index in [0.717, 1.165) is 24.2 Å². The number of hydrogen-bond acceptors (Lipinski definition) is 3. The molecule has 1 saturated heterocycles. The summed E-state index contributed by atoms with van der Waals surface area (Å²) < 4.78 is 0. The van der Waals surface area contributed by atoms with Gasteiger partial charge in [-0.25, -0.2) is 0 Å². The summed E-state index contributed by atoms with van der Waals surface area (Å²) in [5, 5.41) is 8.93. The van der Waals surface area contributed by atoms with Gasteiger partial charge in [0.25, 0.3) is 0 Å². The average Bonchev–Trinajstić information content (AvgIpc) is 2.46. The third-order valence-corrected chi connectivity index (χ3v) is 4.46. The minimum absolute atomic E-state index is 0.0461. The quantitative estimate of drug-likeness (QED) is 0.848. The minimum atomic E-state index is -0.828. The molecule has 1 heterocycles. The standard InChI is InChI=1S/C15H19NO3S/c17-14(11-20-13-7-2-1-3-8-13)16-9-5-4-6-12(16)10-15(18)19/h1-3,7-8,12H,4-6,9-11H2,(H,18,19). The van der Waals surface area contributed by atoms with Gasteiger partial charge in [-0.05, 0) is 31.4 Å². The highest BCUT2D eigenvalue weighted by Crippen LogP contribution is 2.23. The van der Waals surface area contributed by atoms with Gasteiger partial charge in [-0.3, -0.25) is 9.59 Å². The number of thioether (sulfide) groups is 1. The topological polar surface area (TPSA) is 57.6 Å². The van der Waals surface area contributed by atoms with Crippen LogP contribution in [-0.4, -0.2) is 40.2 Å². The molecule has 2 rings (SSSR count). The zero-order valence-corrected chi connectivity index (χ0v) is 12.1. The van der Waals surface area contributed by atoms with Gasteiger partial charge in [0.2, 0.25) is 5.91 Å². The average molecular weight is 293 g/mol. The molecule has 5 heteroatoms. The largest absolute Gasteiger partial charge is 0.481 e. The van der Waals surface area contributed by atoms with Gasteiger partial charge in [-0.1, -0.05) is 18.2 Å². The molecular formula is C15H19NO3S. The van der Waals surface area contributed by atoms with E-state index in [0.29, 0.717) is 12.3 Å². The van der Waals surface area contributed by atoms with Crippen LogP contribution in [-0.2, 0) is 9.59 Å². The number of hydrogen-bond donors (Lipinski definition) is 1. The third-order valence-electron chi connectivity index (χ3n) is 3.46. The first-order valence-corrected chi connectivity index (χ1v) is 7.84. The highest BCUT2D eigenvalue weighted by molar-refractivity contribution is 8.00. The number of carboxylic acid groups (broad SMARTS) is 1. The van der Waals surface area contributed by atoms with Crippen LogP contribution < -0.4 is 0 Å². The Morgan fingerprint density at radius 2 is 2.00 bits per heavy atom. The van der Waals surface area contributed by atoms with Crippen LogP contribution in [0.4, 0.5) is 0 Å². The lowest BCUT2D eigenvalue weighted by Gasteiger charge is -2.35. The Kier molecular flexibility index (Phi) is 5.47. The van der Waals surface area contributed by atoms with Crippen molar-refractivity contribution in [3.8, 4) is 0 Å². The molecule has 0 bridgehead atoms. The first kappa shape index (κ1) is 14.9. The molecule has 1 amide bonds. The Labute approximate surface area is 123 Å². The molecule has 1 aromatic carbocycles.